The van der Waals surface area contributed by atoms with E-state index in [1.165, 1.54) is 13.0 Å². The van der Waals surface area contributed by atoms with Crippen LogP contribution in [-0.2, 0) is 11.3 Å². The number of nitrogens with one attached hydrogen (secondary N) is 1. The first-order valence-electron chi connectivity index (χ1n) is 7.21. The minimum Gasteiger partial charge on any atom is -0.467 e. The smallest absolute Gasteiger partial charge is 0.293 e. The van der Waals surface area contributed by atoms with E-state index in [1.807, 2.05) is 6.07 Å². The normalized spacial score (nSPS) is 10.5. The fraction of sp³-hybridized carbons (Fsp3) is 0.312. The standard InChI is InChI=1S/C16H18N2O5/c1-12(19)13-5-6-15(16(10-13)18(20)21)17-7-3-8-22-11-14-4-2-9-23-14/h2,4-6,9-10,17H,3,7-8,11H2,1H3. The van der Waals surface area contributed by atoms with Gasteiger partial charge in [0.05, 0.1) is 11.2 Å². The lowest BCUT2D eigenvalue weighted by Gasteiger charge is -2.08. The van der Waals surface area contributed by atoms with Crippen LogP contribution in [0.2, 0.25) is 0 Å². The first-order chi connectivity index (χ1) is 11.1. The summed E-state index contributed by atoms with van der Waals surface area (Å²) in [7, 11) is 0. The van der Waals surface area contributed by atoms with Crippen LogP contribution in [0.25, 0.3) is 0 Å². The van der Waals surface area contributed by atoms with Crippen LogP contribution >= 0.6 is 0 Å². The van der Waals surface area contributed by atoms with E-state index in [0.717, 1.165) is 5.76 Å². The molecule has 2 aromatic rings. The molecule has 0 bridgehead atoms. The number of carbonyl (C=O) groups excluding carboxylic acids is 1. The van der Waals surface area contributed by atoms with Crippen LogP contribution in [-0.4, -0.2) is 23.9 Å². The molecule has 0 aliphatic rings. The summed E-state index contributed by atoms with van der Waals surface area (Å²) in [4.78, 5) is 21.9. The van der Waals surface area contributed by atoms with Crippen molar-refractivity contribution in [3.05, 3.63) is 58.0 Å². The van der Waals surface area contributed by atoms with Crippen molar-refractivity contribution in [2.75, 3.05) is 18.5 Å². The van der Waals surface area contributed by atoms with E-state index < -0.39 is 4.92 Å². The molecule has 1 N–H and O–H groups in total. The van der Waals surface area contributed by atoms with E-state index >= 15 is 0 Å². The van der Waals surface area contributed by atoms with Crippen molar-refractivity contribution >= 4 is 17.2 Å². The second-order valence-electron chi connectivity index (χ2n) is 4.96. The Hall–Kier alpha value is -2.67. The largest absolute Gasteiger partial charge is 0.467 e. The number of nitro groups is 1. The van der Waals surface area contributed by atoms with E-state index in [-0.39, 0.29) is 11.5 Å². The highest BCUT2D eigenvalue weighted by molar-refractivity contribution is 5.95. The zero-order valence-electron chi connectivity index (χ0n) is 12.8. The number of benzene rings is 1. The molecule has 0 radical (unpaired) electrons. The summed E-state index contributed by atoms with van der Waals surface area (Å²) in [5.41, 5.74) is 0.615. The summed E-state index contributed by atoms with van der Waals surface area (Å²) in [5, 5.41) is 14.1. The third-order valence-corrected chi connectivity index (χ3v) is 3.21. The SMILES string of the molecule is CC(=O)c1ccc(NCCCOCc2ccco2)c([N+](=O)[O-])c1. The number of anilines is 1. The van der Waals surface area contributed by atoms with Gasteiger partial charge < -0.3 is 14.5 Å². The van der Waals surface area contributed by atoms with Gasteiger partial charge in [-0.3, -0.25) is 14.9 Å². The number of Topliss-reactive ketones (excluding diaryl/α,β-unsaturated/α-hetero) is 1. The molecule has 0 unspecified atom stereocenters. The molecular formula is C16H18N2O5. The van der Waals surface area contributed by atoms with Crippen LogP contribution in [0.3, 0.4) is 0 Å². The lowest BCUT2D eigenvalue weighted by molar-refractivity contribution is -0.384. The zero-order valence-corrected chi connectivity index (χ0v) is 12.8. The van der Waals surface area contributed by atoms with Crippen molar-refractivity contribution < 1.29 is 18.9 Å². The quantitative estimate of drug-likeness (QED) is 0.329. The number of nitro benzene ring substituents is 1. The lowest BCUT2D eigenvalue weighted by Crippen LogP contribution is -2.08. The Kier molecular flexibility index (Phi) is 5.87. The van der Waals surface area contributed by atoms with E-state index in [4.69, 9.17) is 9.15 Å². The van der Waals surface area contributed by atoms with Crippen molar-refractivity contribution in [3.8, 4) is 0 Å². The van der Waals surface area contributed by atoms with Gasteiger partial charge in [-0.1, -0.05) is 0 Å². The first-order valence-corrected chi connectivity index (χ1v) is 7.21. The van der Waals surface area contributed by atoms with Gasteiger partial charge in [0.15, 0.2) is 5.78 Å². The van der Waals surface area contributed by atoms with Gasteiger partial charge in [0.2, 0.25) is 0 Å². The molecule has 122 valence electrons. The third kappa shape index (κ3) is 4.93. The number of ketones is 1. The number of rotatable bonds is 9. The Morgan fingerprint density at radius 2 is 2.22 bits per heavy atom. The molecular weight excluding hydrogens is 300 g/mol. The lowest BCUT2D eigenvalue weighted by atomic mass is 10.1. The van der Waals surface area contributed by atoms with Crippen LogP contribution in [0.5, 0.6) is 0 Å². The second kappa shape index (κ2) is 8.09. The second-order valence-corrected chi connectivity index (χ2v) is 4.96. The van der Waals surface area contributed by atoms with E-state index in [1.54, 1.807) is 24.5 Å². The highest BCUT2D eigenvalue weighted by Crippen LogP contribution is 2.25. The summed E-state index contributed by atoms with van der Waals surface area (Å²) < 4.78 is 10.6. The predicted molar refractivity (Wildman–Crippen MR) is 84.6 cm³/mol. The molecule has 0 saturated heterocycles. The van der Waals surface area contributed by atoms with Crippen LogP contribution < -0.4 is 5.32 Å². The summed E-state index contributed by atoms with van der Waals surface area (Å²) in [6, 6.07) is 8.05. The van der Waals surface area contributed by atoms with Gasteiger partial charge in [-0.15, -0.1) is 0 Å². The summed E-state index contributed by atoms with van der Waals surface area (Å²) in [5.74, 6) is 0.555. The summed E-state index contributed by atoms with van der Waals surface area (Å²) >= 11 is 0. The van der Waals surface area contributed by atoms with Crippen LogP contribution in [0.1, 0.15) is 29.5 Å². The Bertz CT molecular complexity index is 667. The molecule has 2 rings (SSSR count). The monoisotopic (exact) mass is 318 g/mol. The topological polar surface area (TPSA) is 94.6 Å². The highest BCUT2D eigenvalue weighted by Gasteiger charge is 2.15. The molecule has 1 aromatic carbocycles. The Balaban J connectivity index is 1.80. The van der Waals surface area contributed by atoms with Crippen LogP contribution in [0, 0.1) is 10.1 Å². The number of ether oxygens (including phenoxy) is 1. The maximum absolute atomic E-state index is 11.3. The van der Waals surface area contributed by atoms with E-state index in [2.05, 4.69) is 5.32 Å². The maximum Gasteiger partial charge on any atom is 0.293 e. The number of hydrogen-bond acceptors (Lipinski definition) is 6. The van der Waals surface area contributed by atoms with E-state index in [9.17, 15) is 14.9 Å². The van der Waals surface area contributed by atoms with Gasteiger partial charge in [0.25, 0.3) is 5.69 Å². The minimum atomic E-state index is -0.498. The Morgan fingerprint density at radius 1 is 1.39 bits per heavy atom. The fourth-order valence-corrected chi connectivity index (χ4v) is 2.02. The van der Waals surface area contributed by atoms with Gasteiger partial charge >= 0.3 is 0 Å². The Labute approximate surface area is 133 Å². The number of furan rings is 1. The number of nitrogens with zero attached hydrogens (tertiary/aromatic N) is 1. The minimum absolute atomic E-state index is 0.103. The predicted octanol–water partition coefficient (Wildman–Crippen LogP) is 3.41. The number of carbonyl (C=O) groups is 1. The van der Waals surface area contributed by atoms with Crippen LogP contribution in [0.4, 0.5) is 11.4 Å². The molecule has 0 aliphatic heterocycles. The highest BCUT2D eigenvalue weighted by atomic mass is 16.6. The summed E-state index contributed by atoms with van der Waals surface area (Å²) in [6.45, 7) is 2.81. The average molecular weight is 318 g/mol. The molecule has 7 heteroatoms. The van der Waals surface area contributed by atoms with Gasteiger partial charge in [-0.25, -0.2) is 0 Å². The molecule has 1 heterocycles. The third-order valence-electron chi connectivity index (χ3n) is 3.21. The van der Waals surface area contributed by atoms with E-state index in [0.29, 0.717) is 37.4 Å². The average Bonchev–Trinajstić information content (AvgIpc) is 3.03. The molecule has 0 atom stereocenters. The number of hydrogen-bond donors (Lipinski definition) is 1. The molecule has 0 aliphatic carbocycles. The molecule has 0 amide bonds. The van der Waals surface area contributed by atoms with Crippen molar-refractivity contribution in [1.82, 2.24) is 0 Å². The molecule has 0 saturated carbocycles. The Morgan fingerprint density at radius 3 is 2.87 bits per heavy atom. The van der Waals surface area contributed by atoms with Gasteiger partial charge in [0, 0.05) is 24.8 Å². The first kappa shape index (κ1) is 16.7. The fourth-order valence-electron chi connectivity index (χ4n) is 2.02. The van der Waals surface area contributed by atoms with Crippen LogP contribution in [0.15, 0.2) is 41.0 Å². The zero-order chi connectivity index (χ0) is 16.7. The molecule has 1 aromatic heterocycles. The maximum atomic E-state index is 11.3. The van der Waals surface area contributed by atoms with Crippen molar-refractivity contribution in [2.45, 2.75) is 20.0 Å². The van der Waals surface area contributed by atoms with Gasteiger partial charge in [-0.05, 0) is 37.6 Å². The molecule has 7 nitrogen and oxygen atoms in total. The molecule has 0 fully saturated rings. The van der Waals surface area contributed by atoms with Crippen molar-refractivity contribution in [2.24, 2.45) is 0 Å². The van der Waals surface area contributed by atoms with Crippen molar-refractivity contribution in [1.29, 1.82) is 0 Å². The van der Waals surface area contributed by atoms with Crippen molar-refractivity contribution in [3.63, 3.8) is 0 Å². The summed E-state index contributed by atoms with van der Waals surface area (Å²) in [6.07, 6.45) is 2.27. The van der Waals surface area contributed by atoms with Gasteiger partial charge in [-0.2, -0.15) is 0 Å². The molecule has 23 heavy (non-hydrogen) atoms. The molecule has 0 spiro atoms. The van der Waals surface area contributed by atoms with Gasteiger partial charge in [0.1, 0.15) is 18.1 Å².